The van der Waals surface area contributed by atoms with Gasteiger partial charge in [-0.05, 0) is 33.6 Å². The van der Waals surface area contributed by atoms with Crippen LogP contribution in [-0.2, 0) is 5.41 Å². The van der Waals surface area contributed by atoms with Gasteiger partial charge in [0.15, 0.2) is 0 Å². The number of halogens is 1. The summed E-state index contributed by atoms with van der Waals surface area (Å²) in [4.78, 5) is 7.49. The van der Waals surface area contributed by atoms with Crippen molar-refractivity contribution in [3.63, 3.8) is 0 Å². The van der Waals surface area contributed by atoms with Gasteiger partial charge in [-0.25, -0.2) is 4.85 Å². The van der Waals surface area contributed by atoms with Crippen LogP contribution in [0.25, 0.3) is 4.85 Å². The maximum atomic E-state index is 7.04. The Balaban J connectivity index is 3.43. The van der Waals surface area contributed by atoms with Crippen molar-refractivity contribution in [3.8, 4) is 0 Å². The maximum Gasteiger partial charge on any atom is 0.209 e. The van der Waals surface area contributed by atoms with Crippen molar-refractivity contribution in [2.75, 3.05) is 0 Å². The average molecular weight is 286 g/mol. The van der Waals surface area contributed by atoms with Crippen LogP contribution in [0.4, 0.5) is 5.69 Å². The lowest BCUT2D eigenvalue weighted by atomic mass is 9.87. The molecule has 0 spiro atoms. The lowest BCUT2D eigenvalue weighted by Crippen LogP contribution is -2.13. The molecule has 0 saturated carbocycles. The molecule has 0 N–H and O–H groups in total. The largest absolute Gasteiger partial charge is 0.275 e. The van der Waals surface area contributed by atoms with Crippen LogP contribution in [0.1, 0.15) is 26.3 Å². The molecule has 0 aromatic carbocycles. The maximum absolute atomic E-state index is 7.04. The van der Waals surface area contributed by atoms with Crippen molar-refractivity contribution in [3.05, 3.63) is 32.9 Å². The summed E-state index contributed by atoms with van der Waals surface area (Å²) in [6, 6.07) is 0. The second-order valence-electron chi connectivity index (χ2n) is 3.88. The number of hydrogen-bond acceptors (Lipinski definition) is 1. The molecule has 0 bridgehead atoms. The Morgan fingerprint density at radius 2 is 2.00 bits per heavy atom. The molecule has 1 aromatic heterocycles. The van der Waals surface area contributed by atoms with Crippen LogP contribution in [0.3, 0.4) is 0 Å². The molecule has 1 heterocycles. The molecule has 1 rings (SSSR count). The van der Waals surface area contributed by atoms with E-state index in [2.05, 4.69) is 53.2 Å². The van der Waals surface area contributed by atoms with Crippen molar-refractivity contribution >= 4 is 28.3 Å². The van der Waals surface area contributed by atoms with Gasteiger partial charge >= 0.3 is 0 Å². The van der Waals surface area contributed by atoms with E-state index in [1.165, 1.54) is 0 Å². The van der Waals surface area contributed by atoms with E-state index in [0.29, 0.717) is 5.69 Å². The topological polar surface area (TPSA) is 17.2 Å². The Morgan fingerprint density at radius 1 is 1.38 bits per heavy atom. The van der Waals surface area contributed by atoms with Crippen molar-refractivity contribution in [1.29, 1.82) is 0 Å². The van der Waals surface area contributed by atoms with Gasteiger partial charge in [0.2, 0.25) is 5.69 Å². The van der Waals surface area contributed by atoms with Gasteiger partial charge in [-0.1, -0.05) is 20.8 Å². The summed E-state index contributed by atoms with van der Waals surface area (Å²) in [6.07, 6.45) is 3.44. The third-order valence-electron chi connectivity index (χ3n) is 1.75. The minimum atomic E-state index is 0.0132. The predicted octanol–water partition coefficient (Wildman–Crippen LogP) is 3.53. The molecular weight excluding hydrogens is 275 g/mol. The van der Waals surface area contributed by atoms with Crippen LogP contribution in [-0.4, -0.2) is 4.98 Å². The molecule has 68 valence electrons. The Morgan fingerprint density at radius 3 is 2.38 bits per heavy atom. The number of rotatable bonds is 0. The van der Waals surface area contributed by atoms with Gasteiger partial charge in [0.25, 0.3) is 0 Å². The lowest BCUT2D eigenvalue weighted by molar-refractivity contribution is 0.588. The Kier molecular flexibility index (Phi) is 2.91. The standard InChI is InChI=1S/C10H11IN2/c1-10(2,3)9-7(11)5-13-6-8(9)12-4/h5-6H,1-3H3. The molecule has 0 amide bonds. The van der Waals surface area contributed by atoms with Gasteiger partial charge in [0.05, 0.1) is 6.57 Å². The summed E-state index contributed by atoms with van der Waals surface area (Å²) in [7, 11) is 0. The zero-order chi connectivity index (χ0) is 10.1. The van der Waals surface area contributed by atoms with Crippen LogP contribution in [0.2, 0.25) is 0 Å². The highest BCUT2D eigenvalue weighted by molar-refractivity contribution is 14.1. The van der Waals surface area contributed by atoms with Crippen LogP contribution in [0.15, 0.2) is 12.4 Å². The number of aromatic nitrogens is 1. The molecule has 2 nitrogen and oxygen atoms in total. The van der Waals surface area contributed by atoms with Crippen molar-refractivity contribution in [1.82, 2.24) is 4.98 Å². The second kappa shape index (κ2) is 3.62. The summed E-state index contributed by atoms with van der Waals surface area (Å²) in [5.41, 5.74) is 1.77. The smallest absolute Gasteiger partial charge is 0.209 e. The molecule has 0 aliphatic heterocycles. The number of hydrogen-bond donors (Lipinski definition) is 0. The summed E-state index contributed by atoms with van der Waals surface area (Å²) in [6.45, 7) is 13.4. The van der Waals surface area contributed by atoms with Gasteiger partial charge in [0.1, 0.15) is 0 Å². The van der Waals surface area contributed by atoms with Gasteiger partial charge < -0.3 is 0 Å². The zero-order valence-electron chi connectivity index (χ0n) is 7.93. The van der Waals surface area contributed by atoms with Gasteiger partial charge in [-0.15, -0.1) is 0 Å². The van der Waals surface area contributed by atoms with Crippen molar-refractivity contribution in [2.45, 2.75) is 26.2 Å². The molecule has 0 radical (unpaired) electrons. The van der Waals surface area contributed by atoms with Gasteiger partial charge in [0, 0.05) is 16.0 Å². The molecule has 13 heavy (non-hydrogen) atoms. The molecule has 0 fully saturated rings. The zero-order valence-corrected chi connectivity index (χ0v) is 10.1. The van der Waals surface area contributed by atoms with Crippen molar-refractivity contribution in [2.24, 2.45) is 0 Å². The van der Waals surface area contributed by atoms with Crippen LogP contribution in [0.5, 0.6) is 0 Å². The van der Waals surface area contributed by atoms with E-state index in [1.807, 2.05) is 0 Å². The number of pyridine rings is 1. The first-order chi connectivity index (χ1) is 5.96. The first-order valence-corrected chi connectivity index (χ1v) is 5.06. The van der Waals surface area contributed by atoms with E-state index in [0.717, 1.165) is 9.13 Å². The van der Waals surface area contributed by atoms with Crippen LogP contribution < -0.4 is 0 Å². The van der Waals surface area contributed by atoms with Gasteiger partial charge in [-0.2, -0.15) is 0 Å². The fourth-order valence-corrected chi connectivity index (χ4v) is 2.50. The summed E-state index contributed by atoms with van der Waals surface area (Å²) < 4.78 is 1.07. The van der Waals surface area contributed by atoms with E-state index in [4.69, 9.17) is 6.57 Å². The fraction of sp³-hybridized carbons (Fsp3) is 0.400. The Hall–Kier alpha value is -0.630. The molecule has 3 heteroatoms. The minimum Gasteiger partial charge on any atom is -0.275 e. The molecule has 0 unspecified atom stereocenters. The van der Waals surface area contributed by atoms with E-state index >= 15 is 0 Å². The average Bonchev–Trinajstić information content (AvgIpc) is 2.01. The molecule has 0 aliphatic carbocycles. The highest BCUT2D eigenvalue weighted by Gasteiger charge is 2.20. The first kappa shape index (κ1) is 10.5. The van der Waals surface area contributed by atoms with E-state index < -0.39 is 0 Å². The van der Waals surface area contributed by atoms with Crippen LogP contribution >= 0.6 is 22.6 Å². The third-order valence-corrected chi connectivity index (χ3v) is 2.57. The molecular formula is C10H11IN2. The highest BCUT2D eigenvalue weighted by atomic mass is 127. The first-order valence-electron chi connectivity index (χ1n) is 3.98. The molecule has 0 saturated heterocycles. The summed E-state index contributed by atoms with van der Waals surface area (Å²) in [5, 5.41) is 0. The lowest BCUT2D eigenvalue weighted by Gasteiger charge is -2.21. The predicted molar refractivity (Wildman–Crippen MR) is 61.9 cm³/mol. The second-order valence-corrected chi connectivity index (χ2v) is 5.04. The highest BCUT2D eigenvalue weighted by Crippen LogP contribution is 2.34. The van der Waals surface area contributed by atoms with Gasteiger partial charge in [-0.3, -0.25) is 4.98 Å². The quantitative estimate of drug-likeness (QED) is 0.526. The van der Waals surface area contributed by atoms with E-state index in [-0.39, 0.29) is 5.41 Å². The number of nitrogens with zero attached hydrogens (tertiary/aromatic N) is 2. The SMILES string of the molecule is [C-]#[N+]c1cncc(I)c1C(C)(C)C. The summed E-state index contributed by atoms with van der Waals surface area (Å²) >= 11 is 2.23. The molecule has 1 aromatic rings. The summed E-state index contributed by atoms with van der Waals surface area (Å²) in [5.74, 6) is 0. The fourth-order valence-electron chi connectivity index (χ4n) is 1.25. The monoisotopic (exact) mass is 286 g/mol. The normalized spacial score (nSPS) is 11.0. The van der Waals surface area contributed by atoms with Crippen LogP contribution in [0, 0.1) is 10.1 Å². The van der Waals surface area contributed by atoms with E-state index in [9.17, 15) is 0 Å². The van der Waals surface area contributed by atoms with E-state index in [1.54, 1.807) is 12.4 Å². The molecule has 0 atom stereocenters. The molecule has 0 aliphatic rings. The Bertz CT molecular complexity index is 358. The van der Waals surface area contributed by atoms with Crippen molar-refractivity contribution < 1.29 is 0 Å². The third kappa shape index (κ3) is 2.19. The minimum absolute atomic E-state index is 0.0132. The Labute approximate surface area is 92.3 Å².